The molecule has 0 bridgehead atoms. The SMILES string of the molecule is Clc1ccc(N=C2CCC[C@@H]3[C@H]4CCCN5CCC[C@@H](CN23)[C@@H]45)cc1. The number of hydrogen-bond donors (Lipinski definition) is 0. The van der Waals surface area contributed by atoms with Gasteiger partial charge in [-0.2, -0.15) is 0 Å². The summed E-state index contributed by atoms with van der Waals surface area (Å²) in [6, 6.07) is 9.59. The molecule has 4 saturated heterocycles. The van der Waals surface area contributed by atoms with E-state index < -0.39 is 0 Å². The van der Waals surface area contributed by atoms with E-state index in [-0.39, 0.29) is 0 Å². The maximum atomic E-state index is 6.04. The molecule has 1 aromatic rings. The van der Waals surface area contributed by atoms with Crippen molar-refractivity contribution in [3.8, 4) is 0 Å². The summed E-state index contributed by atoms with van der Waals surface area (Å²) in [5.74, 6) is 3.05. The number of nitrogens with zero attached hydrogens (tertiary/aromatic N) is 3. The van der Waals surface area contributed by atoms with Gasteiger partial charge in [0.15, 0.2) is 0 Å². The summed E-state index contributed by atoms with van der Waals surface area (Å²) >= 11 is 6.04. The van der Waals surface area contributed by atoms with Crippen molar-refractivity contribution in [1.82, 2.24) is 9.80 Å². The Morgan fingerprint density at radius 3 is 2.60 bits per heavy atom. The highest BCUT2D eigenvalue weighted by molar-refractivity contribution is 6.30. The Morgan fingerprint density at radius 2 is 1.76 bits per heavy atom. The van der Waals surface area contributed by atoms with Crippen molar-refractivity contribution in [2.24, 2.45) is 16.8 Å². The van der Waals surface area contributed by atoms with E-state index in [2.05, 4.69) is 21.9 Å². The fourth-order valence-electron chi connectivity index (χ4n) is 6.06. The lowest BCUT2D eigenvalue weighted by Crippen LogP contribution is -2.66. The van der Waals surface area contributed by atoms with Crippen LogP contribution in [-0.2, 0) is 0 Å². The fraction of sp³-hybridized carbons (Fsp3) is 0.667. The molecule has 4 aliphatic rings. The van der Waals surface area contributed by atoms with Crippen molar-refractivity contribution in [2.75, 3.05) is 19.6 Å². The van der Waals surface area contributed by atoms with Gasteiger partial charge in [-0.25, -0.2) is 4.99 Å². The van der Waals surface area contributed by atoms with Crippen LogP contribution in [0.4, 0.5) is 5.69 Å². The maximum Gasteiger partial charge on any atom is 0.105 e. The summed E-state index contributed by atoms with van der Waals surface area (Å²) in [5, 5.41) is 0.788. The van der Waals surface area contributed by atoms with Crippen LogP contribution < -0.4 is 0 Å². The van der Waals surface area contributed by atoms with Gasteiger partial charge in [-0.05, 0) is 87.7 Å². The first-order valence-electron chi connectivity index (χ1n) is 10.1. The van der Waals surface area contributed by atoms with Crippen LogP contribution in [0.5, 0.6) is 0 Å². The van der Waals surface area contributed by atoms with Gasteiger partial charge in [0.2, 0.25) is 0 Å². The van der Waals surface area contributed by atoms with Crippen molar-refractivity contribution >= 4 is 23.1 Å². The van der Waals surface area contributed by atoms with Crippen LogP contribution in [0, 0.1) is 11.8 Å². The number of halogens is 1. The number of amidine groups is 1. The van der Waals surface area contributed by atoms with Crippen LogP contribution in [0.3, 0.4) is 0 Å². The van der Waals surface area contributed by atoms with Gasteiger partial charge in [0.1, 0.15) is 5.84 Å². The van der Waals surface area contributed by atoms with E-state index in [1.165, 1.54) is 64.0 Å². The molecule has 25 heavy (non-hydrogen) atoms. The molecule has 4 heteroatoms. The average Bonchev–Trinajstić information content (AvgIpc) is 2.65. The van der Waals surface area contributed by atoms with E-state index in [0.717, 1.165) is 41.1 Å². The second-order valence-electron chi connectivity index (χ2n) is 8.35. The van der Waals surface area contributed by atoms with E-state index >= 15 is 0 Å². The first kappa shape index (κ1) is 16.1. The highest BCUT2D eigenvalue weighted by atomic mass is 35.5. The standard InChI is InChI=1S/C21H28ClN3/c22-16-8-10-17(11-9-16)23-20-7-1-6-19-18-5-3-13-24-12-2-4-15(21(18)24)14-25(19)20/h8-11,15,18-19,21H,1-7,12-14H2/t15-,18+,19+,21-/m0/s1. The molecule has 5 rings (SSSR count). The highest BCUT2D eigenvalue weighted by Crippen LogP contribution is 2.45. The van der Waals surface area contributed by atoms with Crippen LogP contribution in [0.1, 0.15) is 44.9 Å². The molecule has 4 heterocycles. The molecule has 3 nitrogen and oxygen atoms in total. The number of aliphatic imine (C=N–C) groups is 1. The van der Waals surface area contributed by atoms with Crippen LogP contribution in [0.15, 0.2) is 29.3 Å². The maximum absolute atomic E-state index is 6.04. The second-order valence-corrected chi connectivity index (χ2v) is 8.79. The molecule has 4 aliphatic heterocycles. The van der Waals surface area contributed by atoms with E-state index in [9.17, 15) is 0 Å². The molecule has 0 aliphatic carbocycles. The summed E-state index contributed by atoms with van der Waals surface area (Å²) in [4.78, 5) is 10.6. The molecule has 0 aromatic heterocycles. The van der Waals surface area contributed by atoms with Crippen molar-refractivity contribution in [3.05, 3.63) is 29.3 Å². The largest absolute Gasteiger partial charge is 0.356 e. The van der Waals surface area contributed by atoms with Crippen LogP contribution in [-0.4, -0.2) is 47.4 Å². The Bertz CT molecular complexity index is 654. The van der Waals surface area contributed by atoms with E-state index in [1.807, 2.05) is 12.1 Å². The first-order valence-corrected chi connectivity index (χ1v) is 10.5. The molecule has 0 spiro atoms. The Morgan fingerprint density at radius 1 is 0.960 bits per heavy atom. The molecule has 4 atom stereocenters. The van der Waals surface area contributed by atoms with Crippen LogP contribution in [0.25, 0.3) is 0 Å². The smallest absolute Gasteiger partial charge is 0.105 e. The Hall–Kier alpha value is -1.06. The quantitative estimate of drug-likeness (QED) is 0.723. The van der Waals surface area contributed by atoms with E-state index in [0.29, 0.717) is 0 Å². The predicted molar refractivity (Wildman–Crippen MR) is 104 cm³/mol. The van der Waals surface area contributed by atoms with E-state index in [1.54, 1.807) is 0 Å². The summed E-state index contributed by atoms with van der Waals surface area (Å²) in [7, 11) is 0. The van der Waals surface area contributed by atoms with Crippen molar-refractivity contribution in [3.63, 3.8) is 0 Å². The average molecular weight is 358 g/mol. The van der Waals surface area contributed by atoms with Gasteiger partial charge >= 0.3 is 0 Å². The molecule has 134 valence electrons. The number of fused-ring (bicyclic) bond motifs is 2. The Kier molecular flexibility index (Phi) is 4.25. The second kappa shape index (κ2) is 6.59. The van der Waals surface area contributed by atoms with Crippen LogP contribution >= 0.6 is 11.6 Å². The van der Waals surface area contributed by atoms with E-state index in [4.69, 9.17) is 16.6 Å². The third-order valence-corrected chi connectivity index (χ3v) is 7.24. The molecule has 0 N–H and O–H groups in total. The summed E-state index contributed by atoms with van der Waals surface area (Å²) in [6.07, 6.45) is 9.40. The third kappa shape index (κ3) is 2.90. The Labute approximate surface area is 156 Å². The number of hydrogen-bond acceptors (Lipinski definition) is 2. The molecule has 0 saturated carbocycles. The van der Waals surface area contributed by atoms with Gasteiger partial charge < -0.3 is 4.90 Å². The van der Waals surface area contributed by atoms with Crippen LogP contribution in [0.2, 0.25) is 5.02 Å². The van der Waals surface area contributed by atoms with Gasteiger partial charge in [0.05, 0.1) is 5.69 Å². The summed E-state index contributed by atoms with van der Waals surface area (Å²) in [5.41, 5.74) is 1.05. The van der Waals surface area contributed by atoms with Crippen molar-refractivity contribution < 1.29 is 0 Å². The van der Waals surface area contributed by atoms with Crippen molar-refractivity contribution in [1.29, 1.82) is 0 Å². The van der Waals surface area contributed by atoms with Crippen molar-refractivity contribution in [2.45, 2.75) is 57.0 Å². The zero-order chi connectivity index (χ0) is 16.8. The van der Waals surface area contributed by atoms with Gasteiger partial charge in [-0.3, -0.25) is 4.90 Å². The minimum Gasteiger partial charge on any atom is -0.356 e. The van der Waals surface area contributed by atoms with Gasteiger partial charge in [0, 0.05) is 30.1 Å². The lowest BCUT2D eigenvalue weighted by Gasteiger charge is -2.59. The number of benzene rings is 1. The molecule has 0 radical (unpaired) electrons. The molecular weight excluding hydrogens is 330 g/mol. The van der Waals surface area contributed by atoms with Gasteiger partial charge in [-0.1, -0.05) is 11.6 Å². The number of piperidine rings is 4. The zero-order valence-corrected chi connectivity index (χ0v) is 15.7. The fourth-order valence-corrected chi connectivity index (χ4v) is 6.19. The first-order chi connectivity index (χ1) is 12.3. The lowest BCUT2D eigenvalue weighted by atomic mass is 9.68. The predicted octanol–water partition coefficient (Wildman–Crippen LogP) is 4.73. The lowest BCUT2D eigenvalue weighted by molar-refractivity contribution is -0.0604. The molecule has 0 amide bonds. The number of rotatable bonds is 1. The molecule has 4 fully saturated rings. The summed E-state index contributed by atoms with van der Waals surface area (Å²) < 4.78 is 0. The minimum absolute atomic E-state index is 0.724. The summed E-state index contributed by atoms with van der Waals surface area (Å²) in [6.45, 7) is 3.92. The Balaban J connectivity index is 1.45. The molecule has 0 unspecified atom stereocenters. The van der Waals surface area contributed by atoms with Gasteiger partial charge in [-0.15, -0.1) is 0 Å². The minimum atomic E-state index is 0.724. The highest BCUT2D eigenvalue weighted by Gasteiger charge is 2.49. The normalized spacial score (nSPS) is 36.8. The third-order valence-electron chi connectivity index (χ3n) is 6.99. The molecule has 1 aromatic carbocycles. The molecular formula is C21H28ClN3. The topological polar surface area (TPSA) is 18.8 Å². The van der Waals surface area contributed by atoms with Gasteiger partial charge in [0.25, 0.3) is 0 Å². The zero-order valence-electron chi connectivity index (χ0n) is 14.9. The monoisotopic (exact) mass is 357 g/mol.